The number of thioether (sulfide) groups is 1. The fourth-order valence-electron chi connectivity index (χ4n) is 2.00. The maximum absolute atomic E-state index is 12.5. The number of alkyl halides is 3. The summed E-state index contributed by atoms with van der Waals surface area (Å²) in [6.07, 6.45) is 0.428. The van der Waals surface area contributed by atoms with Crippen molar-refractivity contribution in [3.05, 3.63) is 23.8 Å². The van der Waals surface area contributed by atoms with Gasteiger partial charge in [0.15, 0.2) is 0 Å². The largest absolute Gasteiger partial charge is 0.478 e. The molecule has 2 N–H and O–H groups in total. The van der Waals surface area contributed by atoms with E-state index in [1.165, 1.54) is 0 Å². The van der Waals surface area contributed by atoms with Gasteiger partial charge in [0.25, 0.3) is 11.3 Å². The second-order valence-electron chi connectivity index (χ2n) is 4.70. The molecule has 1 unspecified atom stereocenters. The summed E-state index contributed by atoms with van der Waals surface area (Å²) < 4.78 is 59.1. The van der Waals surface area contributed by atoms with Crippen molar-refractivity contribution in [1.82, 2.24) is 0 Å². The minimum atomic E-state index is -4.60. The Labute approximate surface area is 135 Å². The lowest BCUT2D eigenvalue weighted by Gasteiger charge is -2.26. The number of aromatic carboxylic acids is 1. The van der Waals surface area contributed by atoms with Gasteiger partial charge in [0.2, 0.25) is 0 Å². The Balaban J connectivity index is 2.57. The van der Waals surface area contributed by atoms with Crippen LogP contribution in [0.15, 0.2) is 23.1 Å². The van der Waals surface area contributed by atoms with Gasteiger partial charge in [0.1, 0.15) is 5.54 Å². The third kappa shape index (κ3) is 3.77. The predicted octanol–water partition coefficient (Wildman–Crippen LogP) is 3.00. The van der Waals surface area contributed by atoms with E-state index >= 15 is 0 Å². The van der Waals surface area contributed by atoms with Crippen LogP contribution in [0.5, 0.6) is 0 Å². The fourth-order valence-corrected chi connectivity index (χ4v) is 3.42. The van der Waals surface area contributed by atoms with Crippen LogP contribution in [0.1, 0.15) is 23.2 Å². The van der Waals surface area contributed by atoms with E-state index in [1.807, 2.05) is 6.07 Å². The van der Waals surface area contributed by atoms with E-state index in [2.05, 4.69) is 0 Å². The van der Waals surface area contributed by atoms with Gasteiger partial charge in [-0.15, -0.1) is 0 Å². The van der Waals surface area contributed by atoms with E-state index in [0.717, 1.165) is 18.2 Å². The van der Waals surface area contributed by atoms with Crippen LogP contribution in [-0.4, -0.2) is 30.9 Å². The fraction of sp³-hybridized carbons (Fsp3) is 0.333. The Hall–Kier alpha value is -1.77. The van der Waals surface area contributed by atoms with Gasteiger partial charge in [-0.3, -0.25) is 4.55 Å². The van der Waals surface area contributed by atoms with Gasteiger partial charge in [0.05, 0.1) is 17.3 Å². The Bertz CT molecular complexity index is 713. The van der Waals surface area contributed by atoms with Crippen LogP contribution in [-0.2, 0) is 11.3 Å². The van der Waals surface area contributed by atoms with E-state index in [9.17, 15) is 26.7 Å². The first-order chi connectivity index (χ1) is 10.6. The average molecular weight is 366 g/mol. The number of carboxylic acids is 1. The van der Waals surface area contributed by atoms with Crippen LogP contribution in [0.25, 0.3) is 0 Å². The summed E-state index contributed by atoms with van der Waals surface area (Å²) in [5, 5.41) is 18.3. The van der Waals surface area contributed by atoms with E-state index < -0.39 is 51.3 Å². The summed E-state index contributed by atoms with van der Waals surface area (Å²) in [5.74, 6) is -1.48. The maximum atomic E-state index is 12.5. The Morgan fingerprint density at radius 1 is 1.43 bits per heavy atom. The summed E-state index contributed by atoms with van der Waals surface area (Å²) in [6, 6.07) is 4.54. The van der Waals surface area contributed by atoms with Crippen molar-refractivity contribution in [3.63, 3.8) is 0 Å². The molecule has 1 saturated carbocycles. The molecule has 0 aliphatic heterocycles. The minimum Gasteiger partial charge on any atom is -0.478 e. The minimum absolute atomic E-state index is 0.214. The first-order valence-corrected chi connectivity index (χ1v) is 7.93. The second-order valence-corrected chi connectivity index (χ2v) is 6.67. The topological polar surface area (TPSA) is 102 Å². The lowest BCUT2D eigenvalue weighted by molar-refractivity contribution is -0.0328. The lowest BCUT2D eigenvalue weighted by atomic mass is 10.1. The number of benzene rings is 1. The van der Waals surface area contributed by atoms with Crippen molar-refractivity contribution in [1.29, 1.82) is 5.26 Å². The summed E-state index contributed by atoms with van der Waals surface area (Å²) >= 11 is -3.24. The molecular weight excluding hydrogens is 357 g/mol. The smallest absolute Gasteiger partial charge is 0.446 e. The number of anilines is 1. The van der Waals surface area contributed by atoms with Crippen LogP contribution < -0.4 is 4.31 Å². The van der Waals surface area contributed by atoms with Gasteiger partial charge in [-0.2, -0.15) is 18.4 Å². The Morgan fingerprint density at radius 2 is 2.04 bits per heavy atom. The zero-order valence-corrected chi connectivity index (χ0v) is 12.8. The summed E-state index contributed by atoms with van der Waals surface area (Å²) in [4.78, 5) is 10.9. The lowest BCUT2D eigenvalue weighted by Crippen LogP contribution is -2.38. The Morgan fingerprint density at radius 3 is 2.43 bits per heavy atom. The molecule has 1 aromatic rings. The molecule has 1 aliphatic carbocycles. The highest BCUT2D eigenvalue weighted by Gasteiger charge is 2.52. The molecule has 0 saturated heterocycles. The highest BCUT2D eigenvalue weighted by molar-refractivity contribution is 8.00. The highest BCUT2D eigenvalue weighted by atomic mass is 32.2. The standard InChI is InChI=1S/C12H9F3N2O4S2/c13-12(14,15)22-7-1-2-8(10(18)19)9(5-7)17(23(20)21)11(6-16)3-4-11/h1-2,5H,3-4H2,(H,18,19)(H,20,21). The number of rotatable bonds is 5. The molecular formula is C12H9F3N2O4S2. The Kier molecular flexibility index (Phi) is 4.61. The molecule has 0 aromatic heterocycles. The third-order valence-electron chi connectivity index (χ3n) is 3.13. The highest BCUT2D eigenvalue weighted by Crippen LogP contribution is 2.47. The van der Waals surface area contributed by atoms with Gasteiger partial charge < -0.3 is 5.11 Å². The quantitative estimate of drug-likeness (QED) is 0.614. The van der Waals surface area contributed by atoms with Gasteiger partial charge >= 0.3 is 11.5 Å². The SMILES string of the molecule is N#CC1(N(c2cc(SC(F)(F)F)ccc2C(=O)O)S(=O)O)CC1. The number of carbonyl (C=O) groups is 1. The molecule has 0 bridgehead atoms. The third-order valence-corrected chi connectivity index (χ3v) is 4.71. The average Bonchev–Trinajstić information content (AvgIpc) is 3.17. The molecule has 11 heteroatoms. The normalized spacial score (nSPS) is 17.2. The van der Waals surface area contributed by atoms with Crippen LogP contribution in [0.3, 0.4) is 0 Å². The van der Waals surface area contributed by atoms with Crippen LogP contribution in [0.2, 0.25) is 0 Å². The number of hydrogen-bond acceptors (Lipinski definition) is 4. The van der Waals surface area contributed by atoms with Gasteiger partial charge in [0, 0.05) is 4.90 Å². The van der Waals surface area contributed by atoms with Crippen LogP contribution in [0.4, 0.5) is 18.9 Å². The van der Waals surface area contributed by atoms with Crippen molar-refractivity contribution in [2.75, 3.05) is 4.31 Å². The van der Waals surface area contributed by atoms with Gasteiger partial charge in [-0.1, -0.05) is 0 Å². The molecule has 2 rings (SSSR count). The monoisotopic (exact) mass is 366 g/mol. The molecule has 0 spiro atoms. The maximum Gasteiger partial charge on any atom is 0.446 e. The van der Waals surface area contributed by atoms with Crippen molar-refractivity contribution in [2.24, 2.45) is 0 Å². The number of nitrogens with zero attached hydrogens (tertiary/aromatic N) is 2. The molecule has 1 atom stereocenters. The molecule has 0 amide bonds. The van der Waals surface area contributed by atoms with Crippen molar-refractivity contribution in [3.8, 4) is 6.07 Å². The van der Waals surface area contributed by atoms with Crippen molar-refractivity contribution >= 4 is 34.7 Å². The van der Waals surface area contributed by atoms with E-state index in [0.29, 0.717) is 4.31 Å². The van der Waals surface area contributed by atoms with Gasteiger partial charge in [-0.05, 0) is 42.8 Å². The molecule has 6 nitrogen and oxygen atoms in total. The van der Waals surface area contributed by atoms with Crippen LogP contribution in [0, 0.1) is 11.3 Å². The molecule has 23 heavy (non-hydrogen) atoms. The molecule has 124 valence electrons. The first kappa shape index (κ1) is 17.6. The number of nitriles is 1. The molecule has 1 aromatic carbocycles. The van der Waals surface area contributed by atoms with E-state index in [4.69, 9.17) is 10.4 Å². The molecule has 1 fully saturated rings. The predicted molar refractivity (Wildman–Crippen MR) is 76.1 cm³/mol. The molecule has 1 aliphatic rings. The first-order valence-electron chi connectivity index (χ1n) is 6.05. The van der Waals surface area contributed by atoms with Crippen LogP contribution >= 0.6 is 11.8 Å². The number of carboxylic acid groups (broad SMARTS) is 1. The van der Waals surface area contributed by atoms with E-state index in [-0.39, 0.29) is 17.7 Å². The summed E-state index contributed by atoms with van der Waals surface area (Å²) in [6.45, 7) is 0. The number of halogens is 3. The molecule has 0 heterocycles. The van der Waals surface area contributed by atoms with Crippen molar-refractivity contribution in [2.45, 2.75) is 28.8 Å². The van der Waals surface area contributed by atoms with Crippen molar-refractivity contribution < 1.29 is 31.8 Å². The zero-order chi connectivity index (χ0) is 17.4. The zero-order valence-electron chi connectivity index (χ0n) is 11.2. The van der Waals surface area contributed by atoms with E-state index in [1.54, 1.807) is 0 Å². The van der Waals surface area contributed by atoms with Gasteiger partial charge in [-0.25, -0.2) is 13.3 Å². The summed E-state index contributed by atoms with van der Waals surface area (Å²) in [5.41, 5.74) is -6.84. The summed E-state index contributed by atoms with van der Waals surface area (Å²) in [7, 11) is 0. The molecule has 0 radical (unpaired) electrons. The second kappa shape index (κ2) is 6.03. The number of hydrogen-bond donors (Lipinski definition) is 2.